The lowest BCUT2D eigenvalue weighted by Crippen LogP contribution is -2.47. The highest BCUT2D eigenvalue weighted by molar-refractivity contribution is 4.78. The van der Waals surface area contributed by atoms with E-state index in [9.17, 15) is 0 Å². The molecule has 0 aromatic rings. The molecule has 2 atom stereocenters. The Bertz CT molecular complexity index is 142. The molecule has 92 valence electrons. The number of rotatable bonds is 9. The maximum atomic E-state index is 5.37. The third kappa shape index (κ3) is 6.13. The van der Waals surface area contributed by atoms with E-state index in [-0.39, 0.29) is 0 Å². The molecule has 2 unspecified atom stereocenters. The van der Waals surface area contributed by atoms with Crippen LogP contribution in [0.25, 0.3) is 0 Å². The highest BCUT2D eigenvalue weighted by Gasteiger charge is 2.17. The van der Waals surface area contributed by atoms with E-state index in [1.165, 1.54) is 6.42 Å². The summed E-state index contributed by atoms with van der Waals surface area (Å²) in [6.07, 6.45) is 1.17. The molecule has 0 aromatic carbocycles. The van der Waals surface area contributed by atoms with Gasteiger partial charge in [0.15, 0.2) is 0 Å². The minimum atomic E-state index is 0.565. The Balaban J connectivity index is 3.86. The highest BCUT2D eigenvalue weighted by atomic mass is 16.5. The average Bonchev–Trinajstić information content (AvgIpc) is 2.25. The molecular weight excluding hydrogens is 188 g/mol. The first-order valence-electron chi connectivity index (χ1n) is 6.18. The molecular formula is C12H28N2O. The van der Waals surface area contributed by atoms with Crippen LogP contribution in [0.5, 0.6) is 0 Å². The summed E-state index contributed by atoms with van der Waals surface area (Å²) in [6.45, 7) is 12.4. The molecule has 0 amide bonds. The summed E-state index contributed by atoms with van der Waals surface area (Å²) < 4.78 is 5.37. The summed E-state index contributed by atoms with van der Waals surface area (Å²) in [5, 5.41) is 3.52. The Morgan fingerprint density at radius 1 is 1.27 bits per heavy atom. The molecule has 0 aromatic heterocycles. The predicted octanol–water partition coefficient (Wildman–Crippen LogP) is 1.73. The van der Waals surface area contributed by atoms with Crippen LogP contribution in [-0.2, 0) is 4.74 Å². The van der Waals surface area contributed by atoms with Crippen LogP contribution < -0.4 is 5.32 Å². The number of likely N-dealkylation sites (N-methyl/N-ethyl adjacent to an activating group) is 2. The molecule has 0 radical (unpaired) electrons. The third-order valence-electron chi connectivity index (χ3n) is 2.98. The highest BCUT2D eigenvalue weighted by Crippen LogP contribution is 2.05. The van der Waals surface area contributed by atoms with E-state index in [2.05, 4.69) is 38.0 Å². The molecule has 1 N–H and O–H groups in total. The molecule has 0 saturated carbocycles. The predicted molar refractivity (Wildman–Crippen MR) is 66.3 cm³/mol. The van der Waals surface area contributed by atoms with Gasteiger partial charge in [0, 0.05) is 25.2 Å². The van der Waals surface area contributed by atoms with Gasteiger partial charge in [-0.25, -0.2) is 0 Å². The van der Waals surface area contributed by atoms with Crippen molar-refractivity contribution in [3.8, 4) is 0 Å². The number of nitrogens with zero attached hydrogens (tertiary/aromatic N) is 1. The largest absolute Gasteiger partial charge is 0.380 e. The van der Waals surface area contributed by atoms with Crippen molar-refractivity contribution in [2.45, 2.75) is 46.2 Å². The smallest absolute Gasteiger partial charge is 0.0593 e. The first-order chi connectivity index (χ1) is 7.17. The van der Waals surface area contributed by atoms with Crippen molar-refractivity contribution in [2.24, 2.45) is 0 Å². The minimum absolute atomic E-state index is 0.565. The monoisotopic (exact) mass is 216 g/mol. The van der Waals surface area contributed by atoms with Gasteiger partial charge in [-0.1, -0.05) is 13.8 Å². The molecule has 0 bridgehead atoms. The van der Waals surface area contributed by atoms with Gasteiger partial charge in [-0.15, -0.1) is 0 Å². The second-order valence-electron chi connectivity index (χ2n) is 3.99. The van der Waals surface area contributed by atoms with E-state index >= 15 is 0 Å². The standard InChI is InChI=1S/C12H28N2O/c1-6-12(13-7-2)11(4)14(5)9-10-15-8-3/h11-13H,6-10H2,1-5H3. The Labute approximate surface area is 95.2 Å². The quantitative estimate of drug-likeness (QED) is 0.594. The van der Waals surface area contributed by atoms with E-state index in [0.29, 0.717) is 12.1 Å². The van der Waals surface area contributed by atoms with Crippen molar-refractivity contribution in [1.82, 2.24) is 10.2 Å². The third-order valence-corrected chi connectivity index (χ3v) is 2.98. The lowest BCUT2D eigenvalue weighted by molar-refractivity contribution is 0.101. The van der Waals surface area contributed by atoms with Crippen molar-refractivity contribution >= 4 is 0 Å². The zero-order chi connectivity index (χ0) is 11.7. The minimum Gasteiger partial charge on any atom is -0.380 e. The lowest BCUT2D eigenvalue weighted by Gasteiger charge is -2.31. The molecule has 0 heterocycles. The van der Waals surface area contributed by atoms with Gasteiger partial charge in [0.1, 0.15) is 0 Å². The Morgan fingerprint density at radius 3 is 2.40 bits per heavy atom. The van der Waals surface area contributed by atoms with Crippen LogP contribution >= 0.6 is 0 Å². The molecule has 3 heteroatoms. The van der Waals surface area contributed by atoms with E-state index in [1.807, 2.05) is 6.92 Å². The van der Waals surface area contributed by atoms with Crippen molar-refractivity contribution < 1.29 is 4.74 Å². The molecule has 0 aliphatic rings. The van der Waals surface area contributed by atoms with Gasteiger partial charge in [0.25, 0.3) is 0 Å². The van der Waals surface area contributed by atoms with Crippen LogP contribution in [-0.4, -0.2) is 50.3 Å². The lowest BCUT2D eigenvalue weighted by atomic mass is 10.1. The second kappa shape index (κ2) is 9.13. The van der Waals surface area contributed by atoms with Gasteiger partial charge >= 0.3 is 0 Å². The van der Waals surface area contributed by atoms with Crippen molar-refractivity contribution in [1.29, 1.82) is 0 Å². The van der Waals surface area contributed by atoms with Gasteiger partial charge in [0.2, 0.25) is 0 Å². The Hall–Kier alpha value is -0.120. The fourth-order valence-corrected chi connectivity index (χ4v) is 1.78. The molecule has 15 heavy (non-hydrogen) atoms. The second-order valence-corrected chi connectivity index (χ2v) is 3.99. The summed E-state index contributed by atoms with van der Waals surface area (Å²) in [5.74, 6) is 0. The molecule has 0 fully saturated rings. The van der Waals surface area contributed by atoms with Crippen molar-refractivity contribution in [3.05, 3.63) is 0 Å². The van der Waals surface area contributed by atoms with E-state index in [0.717, 1.165) is 26.3 Å². The van der Waals surface area contributed by atoms with Crippen LogP contribution in [0.15, 0.2) is 0 Å². The zero-order valence-corrected chi connectivity index (χ0v) is 11.0. The SMILES string of the molecule is CCNC(CC)C(C)N(C)CCOCC. The number of hydrogen-bond acceptors (Lipinski definition) is 3. The van der Waals surface area contributed by atoms with Gasteiger partial charge in [0.05, 0.1) is 6.61 Å². The molecule has 0 aliphatic carbocycles. The Morgan fingerprint density at radius 2 is 1.93 bits per heavy atom. The summed E-state index contributed by atoms with van der Waals surface area (Å²) in [5.41, 5.74) is 0. The first-order valence-corrected chi connectivity index (χ1v) is 6.18. The molecule has 3 nitrogen and oxygen atoms in total. The first kappa shape index (κ1) is 14.9. The maximum absolute atomic E-state index is 5.37. The molecule has 0 saturated heterocycles. The van der Waals surface area contributed by atoms with Crippen molar-refractivity contribution in [2.75, 3.05) is 33.4 Å². The fourth-order valence-electron chi connectivity index (χ4n) is 1.78. The van der Waals surface area contributed by atoms with Gasteiger partial charge in [-0.05, 0) is 33.9 Å². The van der Waals surface area contributed by atoms with Crippen LogP contribution in [0, 0.1) is 0 Å². The van der Waals surface area contributed by atoms with Crippen LogP contribution in [0.3, 0.4) is 0 Å². The number of hydrogen-bond donors (Lipinski definition) is 1. The molecule has 0 spiro atoms. The number of ether oxygens (including phenoxy) is 1. The van der Waals surface area contributed by atoms with Gasteiger partial charge in [-0.2, -0.15) is 0 Å². The van der Waals surface area contributed by atoms with Gasteiger partial charge in [-0.3, -0.25) is 4.90 Å². The molecule has 0 aliphatic heterocycles. The normalized spacial score (nSPS) is 15.6. The Kier molecular flexibility index (Phi) is 9.06. The van der Waals surface area contributed by atoms with Crippen LogP contribution in [0.1, 0.15) is 34.1 Å². The fraction of sp³-hybridized carbons (Fsp3) is 1.00. The zero-order valence-electron chi connectivity index (χ0n) is 11.0. The average molecular weight is 216 g/mol. The topological polar surface area (TPSA) is 24.5 Å². The number of nitrogens with one attached hydrogen (secondary N) is 1. The van der Waals surface area contributed by atoms with E-state index in [1.54, 1.807) is 0 Å². The summed E-state index contributed by atoms with van der Waals surface area (Å²) in [6, 6.07) is 1.15. The molecule has 0 rings (SSSR count). The van der Waals surface area contributed by atoms with Crippen LogP contribution in [0.2, 0.25) is 0 Å². The van der Waals surface area contributed by atoms with Gasteiger partial charge < -0.3 is 10.1 Å². The summed E-state index contributed by atoms with van der Waals surface area (Å²) >= 11 is 0. The van der Waals surface area contributed by atoms with Crippen molar-refractivity contribution in [3.63, 3.8) is 0 Å². The van der Waals surface area contributed by atoms with E-state index in [4.69, 9.17) is 4.74 Å². The summed E-state index contributed by atoms with van der Waals surface area (Å²) in [7, 11) is 2.17. The van der Waals surface area contributed by atoms with Crippen LogP contribution in [0.4, 0.5) is 0 Å². The maximum Gasteiger partial charge on any atom is 0.0593 e. The summed E-state index contributed by atoms with van der Waals surface area (Å²) in [4.78, 5) is 2.37. The van der Waals surface area contributed by atoms with E-state index < -0.39 is 0 Å².